The minimum absolute atomic E-state index is 0.0218. The van der Waals surface area contributed by atoms with Crippen molar-refractivity contribution in [3.63, 3.8) is 0 Å². The highest BCUT2D eigenvalue weighted by Gasteiger charge is 2.59. The molecule has 9 heteroatoms. The summed E-state index contributed by atoms with van der Waals surface area (Å²) >= 11 is 0. The number of sulfonamides is 1. The zero-order valence-electron chi connectivity index (χ0n) is 19.3. The van der Waals surface area contributed by atoms with Gasteiger partial charge in [0.1, 0.15) is 4.90 Å². The van der Waals surface area contributed by atoms with Crippen LogP contribution in [0, 0.1) is 16.7 Å². The summed E-state index contributed by atoms with van der Waals surface area (Å²) in [4.78, 5) is 13.4. The van der Waals surface area contributed by atoms with Gasteiger partial charge in [0.05, 0.1) is 18.9 Å². The molecule has 4 rings (SSSR count). The molecule has 2 saturated carbocycles. The maximum Gasteiger partial charge on any atom is 0.251 e. The van der Waals surface area contributed by atoms with Crippen molar-refractivity contribution in [2.75, 3.05) is 44.7 Å². The number of amides is 1. The summed E-state index contributed by atoms with van der Waals surface area (Å²) in [5, 5.41) is 6.37. The van der Waals surface area contributed by atoms with E-state index in [1.54, 1.807) is 12.1 Å². The number of nitrogens with zero attached hydrogens (tertiary/aromatic N) is 1. The van der Waals surface area contributed by atoms with E-state index in [1.165, 1.54) is 16.8 Å². The lowest BCUT2D eigenvalue weighted by molar-refractivity contribution is 0.0729. The lowest BCUT2D eigenvalue weighted by Crippen LogP contribution is -2.52. The van der Waals surface area contributed by atoms with Crippen LogP contribution in [0.4, 0.5) is 5.69 Å². The Morgan fingerprint density at radius 1 is 1.25 bits per heavy atom. The molecule has 4 N–H and O–H groups in total. The monoisotopic (exact) mass is 464 g/mol. The molecule has 0 aromatic heterocycles. The van der Waals surface area contributed by atoms with Crippen LogP contribution in [0.1, 0.15) is 50.4 Å². The zero-order chi connectivity index (χ0) is 23.1. The van der Waals surface area contributed by atoms with E-state index in [2.05, 4.69) is 31.4 Å². The topological polar surface area (TPSA) is 114 Å². The molecule has 8 nitrogen and oxygen atoms in total. The molecule has 1 unspecified atom stereocenters. The van der Waals surface area contributed by atoms with Gasteiger partial charge in [0.2, 0.25) is 10.0 Å². The van der Waals surface area contributed by atoms with Crippen LogP contribution in [0.15, 0.2) is 23.1 Å². The highest BCUT2D eigenvalue weighted by Crippen LogP contribution is 2.62. The summed E-state index contributed by atoms with van der Waals surface area (Å²) in [5.41, 5.74) is 6.55. The first kappa shape index (κ1) is 23.5. The lowest BCUT2D eigenvalue weighted by Gasteiger charge is -2.43. The number of ether oxygens (including phenoxy) is 1. The van der Waals surface area contributed by atoms with Gasteiger partial charge in [-0.05, 0) is 54.2 Å². The zero-order valence-corrected chi connectivity index (χ0v) is 20.1. The van der Waals surface area contributed by atoms with Gasteiger partial charge in [-0.25, -0.2) is 8.42 Å². The summed E-state index contributed by atoms with van der Waals surface area (Å²) in [6, 6.07) is 4.93. The summed E-state index contributed by atoms with van der Waals surface area (Å²) in [7, 11) is -3.78. The van der Waals surface area contributed by atoms with Crippen molar-refractivity contribution in [2.24, 2.45) is 22.5 Å². The van der Waals surface area contributed by atoms with Gasteiger partial charge in [-0.1, -0.05) is 20.8 Å². The first-order chi connectivity index (χ1) is 15.1. The fraction of sp³-hybridized carbons (Fsp3) is 0.696. The Bertz CT molecular complexity index is 969. The quantitative estimate of drug-likeness (QED) is 0.569. The molecule has 3 fully saturated rings. The van der Waals surface area contributed by atoms with Crippen molar-refractivity contribution in [2.45, 2.75) is 51.0 Å². The smallest absolute Gasteiger partial charge is 0.251 e. The Labute approximate surface area is 191 Å². The molecule has 0 spiro atoms. The number of anilines is 1. The number of benzene rings is 1. The maximum atomic E-state index is 13.4. The highest BCUT2D eigenvalue weighted by atomic mass is 32.2. The van der Waals surface area contributed by atoms with Crippen molar-refractivity contribution in [1.29, 1.82) is 0 Å². The van der Waals surface area contributed by atoms with E-state index in [4.69, 9.17) is 10.5 Å². The molecule has 1 aromatic carbocycles. The average Bonchev–Trinajstić information content (AvgIpc) is 3.26. The van der Waals surface area contributed by atoms with Crippen molar-refractivity contribution < 1.29 is 17.9 Å². The van der Waals surface area contributed by atoms with Crippen molar-refractivity contribution in [1.82, 2.24) is 9.62 Å². The van der Waals surface area contributed by atoms with Gasteiger partial charge in [-0.15, -0.1) is 0 Å². The van der Waals surface area contributed by atoms with Crippen LogP contribution in [-0.4, -0.2) is 64.1 Å². The molecule has 32 heavy (non-hydrogen) atoms. The van der Waals surface area contributed by atoms with Gasteiger partial charge < -0.3 is 21.1 Å². The fourth-order valence-electron chi connectivity index (χ4n) is 6.03. The molecule has 178 valence electrons. The molecule has 1 heterocycles. The van der Waals surface area contributed by atoms with E-state index in [-0.39, 0.29) is 27.7 Å². The van der Waals surface area contributed by atoms with E-state index in [9.17, 15) is 13.2 Å². The van der Waals surface area contributed by atoms with E-state index in [0.717, 1.165) is 12.8 Å². The molecule has 1 aliphatic heterocycles. The standard InChI is InChI=1S/C23H36N4O4S/c1-22(2)17-6-7-23(3,15-17)21(22)26-20(28)16-4-5-18(25-9-8-24)19(14-16)32(29,30)27-10-12-31-13-11-27/h4-5,14,17,21,25H,6-13,15,24H2,1-3H3,(H,26,28)/t17-,21?,23-/m1/s1. The van der Waals surface area contributed by atoms with E-state index in [0.29, 0.717) is 56.6 Å². The Kier molecular flexibility index (Phi) is 6.30. The number of rotatable bonds is 7. The first-order valence-electron chi connectivity index (χ1n) is 11.6. The summed E-state index contributed by atoms with van der Waals surface area (Å²) in [6.07, 6.45) is 3.45. The van der Waals surface area contributed by atoms with Crippen LogP contribution in [0.5, 0.6) is 0 Å². The van der Waals surface area contributed by atoms with Crippen molar-refractivity contribution >= 4 is 21.6 Å². The number of nitrogens with one attached hydrogen (secondary N) is 2. The van der Waals surface area contributed by atoms with E-state index < -0.39 is 10.0 Å². The molecule has 2 aliphatic carbocycles. The van der Waals surface area contributed by atoms with Crippen molar-refractivity contribution in [3.05, 3.63) is 23.8 Å². The molecular weight excluding hydrogens is 428 g/mol. The number of nitrogens with two attached hydrogens (primary N) is 1. The van der Waals surface area contributed by atoms with Gasteiger partial charge in [0.25, 0.3) is 5.91 Å². The predicted molar refractivity (Wildman–Crippen MR) is 124 cm³/mol. The van der Waals surface area contributed by atoms with Gasteiger partial charge in [-0.2, -0.15) is 4.31 Å². The molecule has 1 amide bonds. The second kappa shape index (κ2) is 8.59. The van der Waals surface area contributed by atoms with Gasteiger partial charge in [-0.3, -0.25) is 4.79 Å². The summed E-state index contributed by atoms with van der Waals surface area (Å²) < 4.78 is 33.6. The fourth-order valence-corrected chi connectivity index (χ4v) is 7.63. The largest absolute Gasteiger partial charge is 0.383 e. The van der Waals surface area contributed by atoms with Gasteiger partial charge in [0.15, 0.2) is 0 Å². The number of morpholine rings is 1. The van der Waals surface area contributed by atoms with E-state index >= 15 is 0 Å². The Morgan fingerprint density at radius 2 is 1.97 bits per heavy atom. The average molecular weight is 465 g/mol. The molecule has 3 atom stereocenters. The van der Waals surface area contributed by atoms with E-state index in [1.807, 2.05) is 0 Å². The molecule has 0 radical (unpaired) electrons. The predicted octanol–water partition coefficient (Wildman–Crippen LogP) is 2.02. The third kappa shape index (κ3) is 4.04. The van der Waals surface area contributed by atoms with Crippen LogP contribution >= 0.6 is 0 Å². The second-order valence-corrected chi connectivity index (χ2v) is 12.2. The first-order valence-corrected chi connectivity index (χ1v) is 13.0. The second-order valence-electron chi connectivity index (χ2n) is 10.3. The molecule has 2 bridgehead atoms. The summed E-state index contributed by atoms with van der Waals surface area (Å²) in [5.74, 6) is 0.388. The highest BCUT2D eigenvalue weighted by molar-refractivity contribution is 7.89. The van der Waals surface area contributed by atoms with Gasteiger partial charge in [0, 0.05) is 37.8 Å². The van der Waals surface area contributed by atoms with Crippen LogP contribution in [0.2, 0.25) is 0 Å². The number of hydrogen-bond donors (Lipinski definition) is 3. The number of hydrogen-bond acceptors (Lipinski definition) is 6. The number of carbonyl (C=O) groups excluding carboxylic acids is 1. The Morgan fingerprint density at radius 3 is 2.59 bits per heavy atom. The third-order valence-corrected chi connectivity index (χ3v) is 9.78. The molecule has 1 aromatic rings. The summed E-state index contributed by atoms with van der Waals surface area (Å²) in [6.45, 7) is 8.87. The van der Waals surface area contributed by atoms with Gasteiger partial charge >= 0.3 is 0 Å². The SMILES string of the molecule is CC1(C)C(NC(=O)c2ccc(NCCN)c(S(=O)(=O)N3CCOCC3)c2)[C@]2(C)CC[C@@H]1C2. The Balaban J connectivity index is 1.63. The van der Waals surface area contributed by atoms with Crippen LogP contribution in [-0.2, 0) is 14.8 Å². The number of fused-ring (bicyclic) bond motifs is 2. The third-order valence-electron chi connectivity index (χ3n) is 7.84. The van der Waals surface area contributed by atoms with Crippen molar-refractivity contribution in [3.8, 4) is 0 Å². The van der Waals surface area contributed by atoms with Crippen LogP contribution in [0.25, 0.3) is 0 Å². The molecule has 1 saturated heterocycles. The van der Waals surface area contributed by atoms with Crippen LogP contribution < -0.4 is 16.4 Å². The minimum Gasteiger partial charge on any atom is -0.383 e. The van der Waals surface area contributed by atoms with Crippen LogP contribution in [0.3, 0.4) is 0 Å². The number of carbonyl (C=O) groups is 1. The normalized spacial score (nSPS) is 29.8. The lowest BCUT2D eigenvalue weighted by atomic mass is 9.68. The Hall–Kier alpha value is -1.68. The minimum atomic E-state index is -3.78. The molecule has 3 aliphatic rings. The maximum absolute atomic E-state index is 13.4. The molecular formula is C23H36N4O4S.